The van der Waals surface area contributed by atoms with Crippen LogP contribution >= 0.6 is 0 Å². The number of carbonyl (C=O) groups excluding carboxylic acids is 1. The van der Waals surface area contributed by atoms with Gasteiger partial charge in [-0.2, -0.15) is 0 Å². The van der Waals surface area contributed by atoms with Gasteiger partial charge in [0.05, 0.1) is 17.1 Å². The lowest BCUT2D eigenvalue weighted by Crippen LogP contribution is -2.35. The zero-order valence-electron chi connectivity index (χ0n) is 15.3. The van der Waals surface area contributed by atoms with Crippen molar-refractivity contribution in [3.05, 3.63) is 75.7 Å². The molecule has 1 aromatic heterocycles. The molecule has 2 aromatic carbocycles. The minimum absolute atomic E-state index is 0.0277. The topological polar surface area (TPSA) is 64.0 Å². The molecular weight excluding hydrogens is 326 g/mol. The van der Waals surface area contributed by atoms with Crippen LogP contribution < -0.4 is 10.9 Å². The van der Waals surface area contributed by atoms with E-state index in [1.165, 1.54) is 10.1 Å². The summed E-state index contributed by atoms with van der Waals surface area (Å²) in [6.07, 6.45) is 0.985. The van der Waals surface area contributed by atoms with Crippen molar-refractivity contribution in [1.82, 2.24) is 14.9 Å². The number of para-hydroxylation sites is 2. The largest absolute Gasteiger partial charge is 0.348 e. The molecule has 0 radical (unpaired) electrons. The van der Waals surface area contributed by atoms with E-state index >= 15 is 0 Å². The van der Waals surface area contributed by atoms with E-state index < -0.39 is 0 Å². The van der Waals surface area contributed by atoms with Crippen LogP contribution in [0.2, 0.25) is 0 Å². The number of rotatable bonds is 5. The van der Waals surface area contributed by atoms with E-state index in [0.29, 0.717) is 16.7 Å². The lowest BCUT2D eigenvalue weighted by molar-refractivity contribution is -0.122. The summed E-state index contributed by atoms with van der Waals surface area (Å²) in [6.45, 7) is 5.69. The number of nitrogens with one attached hydrogen (secondary N) is 1. The van der Waals surface area contributed by atoms with Crippen LogP contribution in [-0.2, 0) is 17.8 Å². The summed E-state index contributed by atoms with van der Waals surface area (Å²) in [5, 5.41) is 2.97. The lowest BCUT2D eigenvalue weighted by Gasteiger charge is -2.16. The summed E-state index contributed by atoms with van der Waals surface area (Å²) in [5.74, 6) is -0.199. The Bertz CT molecular complexity index is 990. The average Bonchev–Trinajstić information content (AvgIpc) is 2.65. The van der Waals surface area contributed by atoms with Gasteiger partial charge in [-0.3, -0.25) is 14.2 Å². The Hall–Kier alpha value is -2.95. The molecule has 26 heavy (non-hydrogen) atoms. The highest BCUT2D eigenvalue weighted by molar-refractivity contribution is 5.80. The predicted molar refractivity (Wildman–Crippen MR) is 103 cm³/mol. The number of benzene rings is 2. The van der Waals surface area contributed by atoms with Gasteiger partial charge in [0.25, 0.3) is 5.56 Å². The van der Waals surface area contributed by atoms with Crippen LogP contribution in [0.15, 0.2) is 53.3 Å². The molecule has 0 aliphatic rings. The molecule has 0 spiro atoms. The zero-order chi connectivity index (χ0) is 18.7. The van der Waals surface area contributed by atoms with Crippen molar-refractivity contribution in [2.75, 3.05) is 0 Å². The number of hydrogen-bond donors (Lipinski definition) is 1. The predicted octanol–water partition coefficient (Wildman–Crippen LogP) is 3.14. The van der Waals surface area contributed by atoms with Crippen molar-refractivity contribution < 1.29 is 4.79 Å². The van der Waals surface area contributed by atoms with Crippen molar-refractivity contribution in [3.63, 3.8) is 0 Å². The first-order chi connectivity index (χ1) is 12.5. The average molecular weight is 349 g/mol. The van der Waals surface area contributed by atoms with Crippen molar-refractivity contribution in [2.45, 2.75) is 39.8 Å². The van der Waals surface area contributed by atoms with Gasteiger partial charge in [0.15, 0.2) is 0 Å². The minimum Gasteiger partial charge on any atom is -0.348 e. The van der Waals surface area contributed by atoms with Crippen LogP contribution in [0.25, 0.3) is 11.0 Å². The number of hydrogen-bond acceptors (Lipinski definition) is 3. The Morgan fingerprint density at radius 1 is 1.15 bits per heavy atom. The number of amides is 1. The van der Waals surface area contributed by atoms with Crippen molar-refractivity contribution in [2.24, 2.45) is 0 Å². The fourth-order valence-electron chi connectivity index (χ4n) is 3.03. The molecule has 5 nitrogen and oxygen atoms in total. The van der Waals surface area contributed by atoms with Crippen LogP contribution in [0.5, 0.6) is 0 Å². The van der Waals surface area contributed by atoms with Gasteiger partial charge < -0.3 is 5.32 Å². The molecule has 0 aliphatic heterocycles. The number of aryl methyl sites for hydroxylation is 2. The van der Waals surface area contributed by atoms with Crippen LogP contribution in [0.1, 0.15) is 36.7 Å². The molecule has 0 saturated heterocycles. The second-order valence-corrected chi connectivity index (χ2v) is 6.46. The molecule has 3 aromatic rings. The second-order valence-electron chi connectivity index (χ2n) is 6.46. The molecule has 1 amide bonds. The Kier molecular flexibility index (Phi) is 5.16. The maximum absolute atomic E-state index is 12.5. The molecule has 0 saturated carbocycles. The van der Waals surface area contributed by atoms with Gasteiger partial charge in [-0.15, -0.1) is 0 Å². The Morgan fingerprint density at radius 2 is 1.85 bits per heavy atom. The fraction of sp³-hybridized carbons (Fsp3) is 0.286. The molecule has 134 valence electrons. The Balaban J connectivity index is 1.80. The summed E-state index contributed by atoms with van der Waals surface area (Å²) in [7, 11) is 0. The van der Waals surface area contributed by atoms with E-state index in [1.54, 1.807) is 6.92 Å². The van der Waals surface area contributed by atoms with E-state index in [9.17, 15) is 9.59 Å². The standard InChI is InChI=1S/C21H23N3O2/c1-4-16-9-11-17(12-10-16)14(2)23-20(25)13-24-19-8-6-5-7-18(19)22-15(3)21(24)26/h5-12,14H,4,13H2,1-3H3,(H,23,25). The summed E-state index contributed by atoms with van der Waals surface area (Å²) >= 11 is 0. The first kappa shape index (κ1) is 17.9. The van der Waals surface area contributed by atoms with Gasteiger partial charge in [-0.25, -0.2) is 4.98 Å². The van der Waals surface area contributed by atoms with Crippen molar-refractivity contribution in [1.29, 1.82) is 0 Å². The highest BCUT2D eigenvalue weighted by Gasteiger charge is 2.14. The second kappa shape index (κ2) is 7.52. The first-order valence-corrected chi connectivity index (χ1v) is 8.84. The quantitative estimate of drug-likeness (QED) is 0.770. The number of fused-ring (bicyclic) bond motifs is 1. The first-order valence-electron chi connectivity index (χ1n) is 8.84. The van der Waals surface area contributed by atoms with E-state index in [-0.39, 0.29) is 24.1 Å². The molecule has 5 heteroatoms. The highest BCUT2D eigenvalue weighted by atomic mass is 16.2. The third kappa shape index (κ3) is 3.67. The summed E-state index contributed by atoms with van der Waals surface area (Å²) < 4.78 is 1.49. The van der Waals surface area contributed by atoms with Crippen LogP contribution in [0.4, 0.5) is 0 Å². The maximum Gasteiger partial charge on any atom is 0.272 e. The third-order valence-electron chi connectivity index (χ3n) is 4.58. The number of carbonyl (C=O) groups is 1. The van der Waals surface area contributed by atoms with Gasteiger partial charge in [-0.1, -0.05) is 43.3 Å². The maximum atomic E-state index is 12.5. The Morgan fingerprint density at radius 3 is 2.54 bits per heavy atom. The van der Waals surface area contributed by atoms with Crippen molar-refractivity contribution in [3.8, 4) is 0 Å². The lowest BCUT2D eigenvalue weighted by atomic mass is 10.1. The van der Waals surface area contributed by atoms with Crippen LogP contribution in [0.3, 0.4) is 0 Å². The molecule has 1 N–H and O–H groups in total. The normalized spacial score (nSPS) is 12.1. The van der Waals surface area contributed by atoms with E-state index in [2.05, 4.69) is 29.4 Å². The summed E-state index contributed by atoms with van der Waals surface area (Å²) in [6, 6.07) is 15.4. The van der Waals surface area contributed by atoms with E-state index in [1.807, 2.05) is 43.3 Å². The SMILES string of the molecule is CCc1ccc(C(C)NC(=O)Cn2c(=O)c(C)nc3ccccc32)cc1. The number of aromatic nitrogens is 2. The Labute approximate surface area is 152 Å². The van der Waals surface area contributed by atoms with Crippen molar-refractivity contribution >= 4 is 16.9 Å². The van der Waals surface area contributed by atoms with E-state index in [4.69, 9.17) is 0 Å². The smallest absolute Gasteiger partial charge is 0.272 e. The summed E-state index contributed by atoms with van der Waals surface area (Å²) in [4.78, 5) is 29.3. The third-order valence-corrected chi connectivity index (χ3v) is 4.58. The molecule has 0 fully saturated rings. The number of nitrogens with zero attached hydrogens (tertiary/aromatic N) is 2. The fourth-order valence-corrected chi connectivity index (χ4v) is 3.03. The summed E-state index contributed by atoms with van der Waals surface area (Å²) in [5.41, 5.74) is 3.83. The zero-order valence-corrected chi connectivity index (χ0v) is 15.3. The van der Waals surface area contributed by atoms with E-state index in [0.717, 1.165) is 12.0 Å². The van der Waals surface area contributed by atoms with Gasteiger partial charge in [0, 0.05) is 0 Å². The minimum atomic E-state index is -0.237. The van der Waals surface area contributed by atoms with Gasteiger partial charge in [-0.05, 0) is 43.5 Å². The van der Waals surface area contributed by atoms with Gasteiger partial charge >= 0.3 is 0 Å². The van der Waals surface area contributed by atoms with Gasteiger partial charge in [0.1, 0.15) is 12.2 Å². The monoisotopic (exact) mass is 349 g/mol. The molecule has 1 unspecified atom stereocenters. The molecular formula is C21H23N3O2. The van der Waals surface area contributed by atoms with Crippen LogP contribution in [-0.4, -0.2) is 15.5 Å². The molecule has 0 aliphatic carbocycles. The molecule has 0 bridgehead atoms. The van der Waals surface area contributed by atoms with Gasteiger partial charge in [0.2, 0.25) is 5.91 Å². The van der Waals surface area contributed by atoms with Crippen LogP contribution in [0, 0.1) is 6.92 Å². The molecule has 3 rings (SSSR count). The highest BCUT2D eigenvalue weighted by Crippen LogP contribution is 2.14. The molecule has 1 heterocycles. The molecule has 1 atom stereocenters.